The van der Waals surface area contributed by atoms with Crippen LogP contribution in [0.15, 0.2) is 6.20 Å². The summed E-state index contributed by atoms with van der Waals surface area (Å²) in [6, 6.07) is 0. The molecule has 1 aromatic heterocycles. The first-order valence-electron chi connectivity index (χ1n) is 5.31. The maximum atomic E-state index is 12.1. The monoisotopic (exact) mass is 224 g/mol. The molecule has 1 fully saturated rings. The molecule has 0 aliphatic carbocycles. The number of carbonyl (C=O) groups excluding carboxylic acids is 1. The number of nitrogens with zero attached hydrogens (tertiary/aromatic N) is 3. The first kappa shape index (κ1) is 10.9. The van der Waals surface area contributed by atoms with Gasteiger partial charge in [0.15, 0.2) is 0 Å². The van der Waals surface area contributed by atoms with E-state index in [2.05, 4.69) is 5.10 Å². The third kappa shape index (κ3) is 1.76. The maximum Gasteiger partial charge on any atom is 0.259 e. The molecule has 1 saturated heterocycles. The minimum Gasteiger partial charge on any atom is -0.396 e. The lowest BCUT2D eigenvalue weighted by Gasteiger charge is -2.15. The van der Waals surface area contributed by atoms with Crippen LogP contribution >= 0.6 is 0 Å². The number of aryl methyl sites for hydroxylation is 1. The minimum absolute atomic E-state index is 0.0958. The van der Waals surface area contributed by atoms with Gasteiger partial charge in [-0.15, -0.1) is 0 Å². The summed E-state index contributed by atoms with van der Waals surface area (Å²) < 4.78 is 1.48. The fraction of sp³-hybridized carbons (Fsp3) is 0.600. The van der Waals surface area contributed by atoms with E-state index in [-0.39, 0.29) is 18.4 Å². The molecule has 0 aromatic carbocycles. The van der Waals surface area contributed by atoms with Crippen LogP contribution in [0.5, 0.6) is 0 Å². The number of carbonyl (C=O) groups is 1. The number of nitrogens with two attached hydrogens (primary N) is 1. The van der Waals surface area contributed by atoms with Crippen LogP contribution in [-0.4, -0.2) is 45.4 Å². The van der Waals surface area contributed by atoms with Crippen LogP contribution in [0.1, 0.15) is 16.8 Å². The molecular formula is C10H16N4O2. The summed E-state index contributed by atoms with van der Waals surface area (Å²) >= 11 is 0. The summed E-state index contributed by atoms with van der Waals surface area (Å²) in [5.74, 6) is 0.487. The Morgan fingerprint density at radius 1 is 1.75 bits per heavy atom. The molecule has 88 valence electrons. The van der Waals surface area contributed by atoms with Gasteiger partial charge in [0.05, 0.1) is 6.20 Å². The van der Waals surface area contributed by atoms with E-state index in [1.54, 1.807) is 11.9 Å². The lowest BCUT2D eigenvalue weighted by atomic mass is 10.1. The van der Waals surface area contributed by atoms with E-state index in [4.69, 9.17) is 10.8 Å². The van der Waals surface area contributed by atoms with Crippen molar-refractivity contribution in [1.82, 2.24) is 14.7 Å². The molecule has 1 atom stereocenters. The molecule has 1 aliphatic heterocycles. The Morgan fingerprint density at radius 3 is 3.00 bits per heavy atom. The first-order valence-corrected chi connectivity index (χ1v) is 5.31. The van der Waals surface area contributed by atoms with E-state index in [1.165, 1.54) is 10.9 Å². The summed E-state index contributed by atoms with van der Waals surface area (Å²) in [4.78, 5) is 13.8. The molecule has 2 rings (SSSR count). The van der Waals surface area contributed by atoms with Crippen molar-refractivity contribution >= 4 is 11.7 Å². The standard InChI is InChI=1S/C10H16N4O2/c1-13-9(11)8(4-12-13)10(16)14-3-2-7(5-14)6-15/h4,7,15H,2-3,5-6,11H2,1H3. The molecule has 16 heavy (non-hydrogen) atoms. The number of hydrogen-bond donors (Lipinski definition) is 2. The second kappa shape index (κ2) is 4.13. The van der Waals surface area contributed by atoms with Gasteiger partial charge in [-0.1, -0.05) is 0 Å². The van der Waals surface area contributed by atoms with Crippen molar-refractivity contribution in [3.05, 3.63) is 11.8 Å². The fourth-order valence-electron chi connectivity index (χ4n) is 1.95. The number of nitrogen functional groups attached to an aromatic ring is 1. The lowest BCUT2D eigenvalue weighted by Crippen LogP contribution is -2.29. The van der Waals surface area contributed by atoms with E-state index in [9.17, 15) is 4.79 Å². The predicted molar refractivity (Wildman–Crippen MR) is 58.7 cm³/mol. The smallest absolute Gasteiger partial charge is 0.259 e. The zero-order valence-corrected chi connectivity index (χ0v) is 9.26. The molecule has 1 aromatic rings. The second-order valence-corrected chi connectivity index (χ2v) is 4.16. The van der Waals surface area contributed by atoms with Crippen LogP contribution < -0.4 is 5.73 Å². The van der Waals surface area contributed by atoms with Crippen LogP contribution in [-0.2, 0) is 7.05 Å². The van der Waals surface area contributed by atoms with Crippen molar-refractivity contribution in [1.29, 1.82) is 0 Å². The van der Waals surface area contributed by atoms with E-state index in [0.717, 1.165) is 6.42 Å². The van der Waals surface area contributed by atoms with Crippen molar-refractivity contribution in [3.63, 3.8) is 0 Å². The number of anilines is 1. The van der Waals surface area contributed by atoms with Gasteiger partial charge in [0.1, 0.15) is 11.4 Å². The summed E-state index contributed by atoms with van der Waals surface area (Å²) in [6.45, 7) is 1.41. The fourth-order valence-corrected chi connectivity index (χ4v) is 1.95. The molecule has 1 amide bonds. The molecule has 6 heteroatoms. The molecule has 1 unspecified atom stereocenters. The van der Waals surface area contributed by atoms with Gasteiger partial charge < -0.3 is 15.7 Å². The first-order chi connectivity index (χ1) is 7.63. The Morgan fingerprint density at radius 2 is 2.50 bits per heavy atom. The maximum absolute atomic E-state index is 12.1. The number of amides is 1. The van der Waals surface area contributed by atoms with Gasteiger partial charge in [-0.05, 0) is 6.42 Å². The average Bonchev–Trinajstić information content (AvgIpc) is 2.87. The number of likely N-dealkylation sites (tertiary alicyclic amines) is 1. The van der Waals surface area contributed by atoms with Crippen molar-refractivity contribution in [3.8, 4) is 0 Å². The Bertz CT molecular complexity index is 402. The second-order valence-electron chi connectivity index (χ2n) is 4.16. The van der Waals surface area contributed by atoms with Gasteiger partial charge in [0, 0.05) is 32.7 Å². The van der Waals surface area contributed by atoms with Crippen molar-refractivity contribution in [2.24, 2.45) is 13.0 Å². The largest absolute Gasteiger partial charge is 0.396 e. The number of aromatic nitrogens is 2. The Labute approximate surface area is 93.6 Å². The minimum atomic E-state index is -0.0958. The Hall–Kier alpha value is -1.56. The highest BCUT2D eigenvalue weighted by Gasteiger charge is 2.28. The van der Waals surface area contributed by atoms with Gasteiger partial charge in [-0.3, -0.25) is 9.48 Å². The quantitative estimate of drug-likeness (QED) is 0.706. The summed E-state index contributed by atoms with van der Waals surface area (Å²) in [6.07, 6.45) is 2.34. The molecule has 2 heterocycles. The number of aliphatic hydroxyl groups is 1. The molecule has 3 N–H and O–H groups in total. The Kier molecular flexibility index (Phi) is 2.82. The highest BCUT2D eigenvalue weighted by molar-refractivity contribution is 5.98. The van der Waals surface area contributed by atoms with Crippen molar-refractivity contribution < 1.29 is 9.90 Å². The average molecular weight is 224 g/mol. The number of hydrogen-bond acceptors (Lipinski definition) is 4. The van der Waals surface area contributed by atoms with Crippen LogP contribution in [0.2, 0.25) is 0 Å². The summed E-state index contributed by atoms with van der Waals surface area (Å²) in [7, 11) is 1.70. The molecule has 0 bridgehead atoms. The molecular weight excluding hydrogens is 208 g/mol. The van der Waals surface area contributed by atoms with Crippen LogP contribution in [0, 0.1) is 5.92 Å². The zero-order chi connectivity index (χ0) is 11.7. The SMILES string of the molecule is Cn1ncc(C(=O)N2CCC(CO)C2)c1N. The third-order valence-corrected chi connectivity index (χ3v) is 3.05. The zero-order valence-electron chi connectivity index (χ0n) is 9.26. The van der Waals surface area contributed by atoms with Gasteiger partial charge in [0.25, 0.3) is 5.91 Å². The van der Waals surface area contributed by atoms with E-state index in [0.29, 0.717) is 24.5 Å². The molecule has 6 nitrogen and oxygen atoms in total. The van der Waals surface area contributed by atoms with E-state index >= 15 is 0 Å². The third-order valence-electron chi connectivity index (χ3n) is 3.05. The van der Waals surface area contributed by atoms with Gasteiger partial charge in [-0.25, -0.2) is 0 Å². The molecule has 0 saturated carbocycles. The number of aliphatic hydroxyl groups excluding tert-OH is 1. The van der Waals surface area contributed by atoms with Gasteiger partial charge >= 0.3 is 0 Å². The predicted octanol–water partition coefficient (Wildman–Crippen LogP) is -0.543. The lowest BCUT2D eigenvalue weighted by molar-refractivity contribution is 0.0783. The van der Waals surface area contributed by atoms with Gasteiger partial charge in [-0.2, -0.15) is 5.10 Å². The highest BCUT2D eigenvalue weighted by atomic mass is 16.3. The Balaban J connectivity index is 2.12. The molecule has 0 radical (unpaired) electrons. The van der Waals surface area contributed by atoms with Crippen LogP contribution in [0.3, 0.4) is 0 Å². The normalized spacial score (nSPS) is 20.4. The van der Waals surface area contributed by atoms with Crippen LogP contribution in [0.25, 0.3) is 0 Å². The summed E-state index contributed by atoms with van der Waals surface area (Å²) in [5, 5.41) is 13.0. The van der Waals surface area contributed by atoms with E-state index < -0.39 is 0 Å². The molecule has 0 spiro atoms. The summed E-state index contributed by atoms with van der Waals surface area (Å²) in [5.41, 5.74) is 6.19. The van der Waals surface area contributed by atoms with Crippen molar-refractivity contribution in [2.45, 2.75) is 6.42 Å². The van der Waals surface area contributed by atoms with Gasteiger partial charge in [0.2, 0.25) is 0 Å². The topological polar surface area (TPSA) is 84.4 Å². The van der Waals surface area contributed by atoms with Crippen molar-refractivity contribution in [2.75, 3.05) is 25.4 Å². The molecule has 1 aliphatic rings. The van der Waals surface area contributed by atoms with E-state index in [1.807, 2.05) is 0 Å². The highest BCUT2D eigenvalue weighted by Crippen LogP contribution is 2.20. The van der Waals surface area contributed by atoms with Crippen LogP contribution in [0.4, 0.5) is 5.82 Å². The number of rotatable bonds is 2.